The van der Waals surface area contributed by atoms with Crippen LogP contribution in [0.25, 0.3) is 0 Å². The third-order valence-electron chi connectivity index (χ3n) is 1.82. The van der Waals surface area contributed by atoms with Crippen molar-refractivity contribution in [3.05, 3.63) is 24.0 Å². The Bertz CT molecular complexity index is 424. The third-order valence-corrected chi connectivity index (χ3v) is 3.60. The molecule has 0 atom stereocenters. The molecule has 1 aromatic rings. The van der Waals surface area contributed by atoms with Crippen molar-refractivity contribution in [3.8, 4) is 0 Å². The summed E-state index contributed by atoms with van der Waals surface area (Å²) in [5.74, 6) is -0.899. The molecule has 1 aromatic carbocycles. The average Bonchev–Trinajstić information content (AvgIpc) is 2.13. The number of hydrogen-bond acceptors (Lipinski definition) is 4. The van der Waals surface area contributed by atoms with Gasteiger partial charge >= 0.3 is 0 Å². The van der Waals surface area contributed by atoms with Gasteiger partial charge in [0, 0.05) is 12.3 Å². The van der Waals surface area contributed by atoms with Crippen LogP contribution in [0.4, 0.5) is 10.1 Å². The molecule has 0 radical (unpaired) electrons. The van der Waals surface area contributed by atoms with Gasteiger partial charge in [0.2, 0.25) is 0 Å². The molecule has 15 heavy (non-hydrogen) atoms. The number of sulfone groups is 1. The minimum absolute atomic E-state index is 0.0672. The van der Waals surface area contributed by atoms with Gasteiger partial charge in [0.25, 0.3) is 0 Å². The summed E-state index contributed by atoms with van der Waals surface area (Å²) in [5.41, 5.74) is 5.40. The molecule has 1 rings (SSSR count). The molecule has 0 saturated carbocycles. The van der Waals surface area contributed by atoms with E-state index in [0.29, 0.717) is 0 Å². The first-order valence-electron chi connectivity index (χ1n) is 4.35. The van der Waals surface area contributed by atoms with Gasteiger partial charge < -0.3 is 10.8 Å². The Balaban J connectivity index is 3.04. The first-order valence-corrected chi connectivity index (χ1v) is 6.00. The molecular formula is C9H12FNO3S. The highest BCUT2D eigenvalue weighted by atomic mass is 32.2. The number of aliphatic hydroxyl groups excluding tert-OH is 1. The van der Waals surface area contributed by atoms with Crippen LogP contribution in [0.5, 0.6) is 0 Å². The molecule has 0 bridgehead atoms. The molecule has 0 fully saturated rings. The summed E-state index contributed by atoms with van der Waals surface area (Å²) < 4.78 is 36.0. The number of rotatable bonds is 4. The van der Waals surface area contributed by atoms with Crippen molar-refractivity contribution < 1.29 is 17.9 Å². The third kappa shape index (κ3) is 3.17. The molecule has 0 aromatic heterocycles. The van der Waals surface area contributed by atoms with Crippen LogP contribution in [0.15, 0.2) is 23.1 Å². The van der Waals surface area contributed by atoms with Gasteiger partial charge in [-0.25, -0.2) is 12.8 Å². The Kier molecular flexibility index (Phi) is 3.65. The Labute approximate surface area is 87.5 Å². The molecule has 0 unspecified atom stereocenters. The highest BCUT2D eigenvalue weighted by Crippen LogP contribution is 2.17. The largest absolute Gasteiger partial charge is 0.399 e. The topological polar surface area (TPSA) is 80.4 Å². The fourth-order valence-corrected chi connectivity index (χ4v) is 2.49. The maximum Gasteiger partial charge on any atom is 0.178 e. The monoisotopic (exact) mass is 233 g/mol. The standard InChI is InChI=1S/C9H12FNO3S/c10-7-4-8(11)6-9(5-7)15(13,14)3-1-2-12/h4-6,12H,1-3,11H2. The summed E-state index contributed by atoms with van der Waals surface area (Å²) >= 11 is 0. The smallest absolute Gasteiger partial charge is 0.178 e. The predicted molar refractivity (Wildman–Crippen MR) is 54.6 cm³/mol. The average molecular weight is 233 g/mol. The van der Waals surface area contributed by atoms with Gasteiger partial charge in [-0.3, -0.25) is 0 Å². The lowest BCUT2D eigenvalue weighted by Crippen LogP contribution is -2.09. The lowest BCUT2D eigenvalue weighted by Gasteiger charge is -2.04. The molecule has 0 aliphatic rings. The van der Waals surface area contributed by atoms with Gasteiger partial charge in [0.15, 0.2) is 9.84 Å². The quantitative estimate of drug-likeness (QED) is 0.745. The molecular weight excluding hydrogens is 221 g/mol. The maximum absolute atomic E-state index is 12.9. The Morgan fingerprint density at radius 3 is 2.53 bits per heavy atom. The number of benzene rings is 1. The van der Waals surface area contributed by atoms with Gasteiger partial charge in [0.1, 0.15) is 5.82 Å². The van der Waals surface area contributed by atoms with Crippen LogP contribution in [0.2, 0.25) is 0 Å². The van der Waals surface area contributed by atoms with E-state index in [-0.39, 0.29) is 29.4 Å². The van der Waals surface area contributed by atoms with E-state index in [1.54, 1.807) is 0 Å². The molecule has 3 N–H and O–H groups in total. The molecule has 84 valence electrons. The number of nitrogens with two attached hydrogens (primary N) is 1. The number of anilines is 1. The molecule has 0 aliphatic heterocycles. The highest BCUT2D eigenvalue weighted by Gasteiger charge is 2.15. The van der Waals surface area contributed by atoms with Crippen LogP contribution in [0.3, 0.4) is 0 Å². The van der Waals surface area contributed by atoms with Crippen LogP contribution in [-0.2, 0) is 9.84 Å². The first kappa shape index (κ1) is 11.9. The minimum Gasteiger partial charge on any atom is -0.399 e. The molecule has 0 amide bonds. The molecule has 6 heteroatoms. The van der Waals surface area contributed by atoms with Crippen LogP contribution in [-0.4, -0.2) is 25.9 Å². The van der Waals surface area contributed by atoms with Crippen LogP contribution >= 0.6 is 0 Å². The zero-order valence-electron chi connectivity index (χ0n) is 7.98. The van der Waals surface area contributed by atoms with E-state index >= 15 is 0 Å². The van der Waals surface area contributed by atoms with Crippen LogP contribution in [0.1, 0.15) is 6.42 Å². The number of halogens is 1. The summed E-state index contributed by atoms with van der Waals surface area (Å²) in [7, 11) is -3.55. The maximum atomic E-state index is 12.9. The van der Waals surface area contributed by atoms with Crippen molar-refractivity contribution in [2.75, 3.05) is 18.1 Å². The minimum atomic E-state index is -3.55. The predicted octanol–water partition coefficient (Wildman–Crippen LogP) is 0.564. The van der Waals surface area contributed by atoms with E-state index in [1.807, 2.05) is 0 Å². The molecule has 4 nitrogen and oxygen atoms in total. The van der Waals surface area contributed by atoms with Gasteiger partial charge in [-0.15, -0.1) is 0 Å². The SMILES string of the molecule is Nc1cc(F)cc(S(=O)(=O)CCCO)c1. The van der Waals surface area contributed by atoms with Crippen LogP contribution in [0, 0.1) is 5.82 Å². The molecule has 0 heterocycles. The fourth-order valence-electron chi connectivity index (χ4n) is 1.14. The van der Waals surface area contributed by atoms with Crippen molar-refractivity contribution in [1.29, 1.82) is 0 Å². The van der Waals surface area contributed by atoms with E-state index in [0.717, 1.165) is 12.1 Å². The first-order chi connectivity index (χ1) is 6.95. The molecule has 0 aliphatic carbocycles. The second kappa shape index (κ2) is 4.59. The van der Waals surface area contributed by atoms with Crippen molar-refractivity contribution >= 4 is 15.5 Å². The second-order valence-electron chi connectivity index (χ2n) is 3.12. The van der Waals surface area contributed by atoms with Gasteiger partial charge in [-0.1, -0.05) is 0 Å². The summed E-state index contributed by atoms with van der Waals surface area (Å²) in [5, 5.41) is 8.52. The zero-order chi connectivity index (χ0) is 11.5. The van der Waals surface area contributed by atoms with Crippen LogP contribution < -0.4 is 5.73 Å². The molecule has 0 spiro atoms. The highest BCUT2D eigenvalue weighted by molar-refractivity contribution is 7.91. The van der Waals surface area contributed by atoms with E-state index in [9.17, 15) is 12.8 Å². The number of hydrogen-bond donors (Lipinski definition) is 2. The Morgan fingerprint density at radius 2 is 2.00 bits per heavy atom. The van der Waals surface area contributed by atoms with Crippen molar-refractivity contribution in [3.63, 3.8) is 0 Å². The van der Waals surface area contributed by atoms with Gasteiger partial charge in [-0.2, -0.15) is 0 Å². The number of nitrogen functional groups attached to an aromatic ring is 1. The Morgan fingerprint density at radius 1 is 1.33 bits per heavy atom. The number of aliphatic hydroxyl groups is 1. The lowest BCUT2D eigenvalue weighted by molar-refractivity contribution is 0.295. The van der Waals surface area contributed by atoms with Gasteiger partial charge in [-0.05, 0) is 24.6 Å². The van der Waals surface area contributed by atoms with E-state index < -0.39 is 15.7 Å². The van der Waals surface area contributed by atoms with Crippen molar-refractivity contribution in [2.45, 2.75) is 11.3 Å². The second-order valence-corrected chi connectivity index (χ2v) is 5.23. The fraction of sp³-hybridized carbons (Fsp3) is 0.333. The Hall–Kier alpha value is -1.14. The van der Waals surface area contributed by atoms with E-state index in [4.69, 9.17) is 10.8 Å². The summed E-state index contributed by atoms with van der Waals surface area (Å²) in [6, 6.07) is 3.17. The normalized spacial score (nSPS) is 11.6. The lowest BCUT2D eigenvalue weighted by atomic mass is 10.3. The summed E-state index contributed by atoms with van der Waals surface area (Å²) in [4.78, 5) is -0.145. The summed E-state index contributed by atoms with van der Waals surface area (Å²) in [6.07, 6.45) is 0.124. The summed E-state index contributed by atoms with van der Waals surface area (Å²) in [6.45, 7) is -0.218. The van der Waals surface area contributed by atoms with Crippen molar-refractivity contribution in [1.82, 2.24) is 0 Å². The zero-order valence-corrected chi connectivity index (χ0v) is 8.80. The van der Waals surface area contributed by atoms with Gasteiger partial charge in [0.05, 0.1) is 10.6 Å². The van der Waals surface area contributed by atoms with Crippen molar-refractivity contribution in [2.24, 2.45) is 0 Å². The molecule has 0 saturated heterocycles. The van der Waals surface area contributed by atoms with E-state index in [2.05, 4.69) is 0 Å². The van der Waals surface area contributed by atoms with E-state index in [1.165, 1.54) is 6.07 Å².